The number of amides is 2. The fourth-order valence-corrected chi connectivity index (χ4v) is 3.47. The maximum atomic E-state index is 12.3. The molecule has 2 aliphatic rings. The highest BCUT2D eigenvalue weighted by atomic mass is 35.5. The molecule has 132 valence electrons. The molecule has 0 atom stereocenters. The van der Waals surface area contributed by atoms with Gasteiger partial charge in [0.15, 0.2) is 0 Å². The third kappa shape index (κ3) is 5.10. The van der Waals surface area contributed by atoms with Crippen LogP contribution in [0.15, 0.2) is 24.3 Å². The Kier molecular flexibility index (Phi) is 6.35. The van der Waals surface area contributed by atoms with Crippen molar-refractivity contribution in [3.8, 4) is 0 Å². The minimum absolute atomic E-state index is 0.0800. The van der Waals surface area contributed by atoms with Crippen molar-refractivity contribution in [1.29, 1.82) is 0 Å². The fourth-order valence-electron chi connectivity index (χ4n) is 3.26. The Morgan fingerprint density at radius 3 is 2.67 bits per heavy atom. The van der Waals surface area contributed by atoms with Gasteiger partial charge in [0, 0.05) is 57.0 Å². The van der Waals surface area contributed by atoms with Crippen molar-refractivity contribution < 1.29 is 9.53 Å². The summed E-state index contributed by atoms with van der Waals surface area (Å²) in [6, 6.07) is 8.39. The van der Waals surface area contributed by atoms with Gasteiger partial charge in [-0.3, -0.25) is 4.90 Å². The van der Waals surface area contributed by atoms with Crippen molar-refractivity contribution in [2.24, 2.45) is 0 Å². The molecule has 0 unspecified atom stereocenters. The van der Waals surface area contributed by atoms with Crippen LogP contribution >= 0.6 is 11.6 Å². The van der Waals surface area contributed by atoms with Gasteiger partial charge >= 0.3 is 6.03 Å². The summed E-state index contributed by atoms with van der Waals surface area (Å²) in [7, 11) is 0. The van der Waals surface area contributed by atoms with Crippen molar-refractivity contribution in [1.82, 2.24) is 15.1 Å². The largest absolute Gasteiger partial charge is 0.381 e. The minimum atomic E-state index is 0.0800. The summed E-state index contributed by atoms with van der Waals surface area (Å²) < 4.78 is 5.33. The number of hydrogen-bond acceptors (Lipinski definition) is 3. The number of halogens is 1. The van der Waals surface area contributed by atoms with Crippen LogP contribution in [-0.2, 0) is 11.2 Å². The van der Waals surface area contributed by atoms with Crippen molar-refractivity contribution in [2.45, 2.75) is 25.3 Å². The molecule has 0 saturated carbocycles. The van der Waals surface area contributed by atoms with Crippen LogP contribution in [0.3, 0.4) is 0 Å². The molecule has 1 N–H and O–H groups in total. The second kappa shape index (κ2) is 8.70. The molecule has 2 amide bonds. The monoisotopic (exact) mass is 351 g/mol. The van der Waals surface area contributed by atoms with Crippen LogP contribution in [0.5, 0.6) is 0 Å². The van der Waals surface area contributed by atoms with Crippen molar-refractivity contribution in [3.05, 3.63) is 34.9 Å². The summed E-state index contributed by atoms with van der Waals surface area (Å²) in [5.74, 6) is 0. The van der Waals surface area contributed by atoms with Gasteiger partial charge in [-0.05, 0) is 37.0 Å². The molecule has 0 bridgehead atoms. The summed E-state index contributed by atoms with van der Waals surface area (Å²) in [6.07, 6.45) is 2.84. The molecule has 2 aliphatic heterocycles. The van der Waals surface area contributed by atoms with Gasteiger partial charge < -0.3 is 15.0 Å². The fraction of sp³-hybridized carbons (Fsp3) is 0.611. The number of hydrogen-bond donors (Lipinski definition) is 1. The van der Waals surface area contributed by atoms with Gasteiger partial charge in [0.1, 0.15) is 0 Å². The number of nitrogens with zero attached hydrogens (tertiary/aromatic N) is 2. The van der Waals surface area contributed by atoms with Gasteiger partial charge in [-0.15, -0.1) is 0 Å². The summed E-state index contributed by atoms with van der Waals surface area (Å²) in [5.41, 5.74) is 1.27. The van der Waals surface area contributed by atoms with Crippen LogP contribution in [0, 0.1) is 0 Å². The number of carbonyl (C=O) groups is 1. The predicted molar refractivity (Wildman–Crippen MR) is 95.5 cm³/mol. The summed E-state index contributed by atoms with van der Waals surface area (Å²) >= 11 is 6.03. The first kappa shape index (κ1) is 17.5. The Morgan fingerprint density at radius 2 is 1.96 bits per heavy atom. The van der Waals surface area contributed by atoms with E-state index in [1.54, 1.807) is 0 Å². The lowest BCUT2D eigenvalue weighted by molar-refractivity contribution is 0.0761. The van der Waals surface area contributed by atoms with Gasteiger partial charge in [0.25, 0.3) is 0 Å². The second-order valence-corrected chi connectivity index (χ2v) is 6.98. The molecule has 6 heteroatoms. The SMILES string of the molecule is O=C(NC1CCOCC1)N1CCN(CCc2cccc(Cl)c2)CC1. The smallest absolute Gasteiger partial charge is 0.317 e. The number of carbonyl (C=O) groups excluding carboxylic acids is 1. The summed E-state index contributed by atoms with van der Waals surface area (Å²) in [5, 5.41) is 3.93. The quantitative estimate of drug-likeness (QED) is 0.906. The van der Waals surface area contributed by atoms with E-state index in [-0.39, 0.29) is 12.1 Å². The molecule has 5 nitrogen and oxygen atoms in total. The number of benzene rings is 1. The lowest BCUT2D eigenvalue weighted by atomic mass is 10.1. The first-order valence-corrected chi connectivity index (χ1v) is 9.18. The first-order valence-electron chi connectivity index (χ1n) is 8.81. The Hall–Kier alpha value is -1.30. The third-order valence-corrected chi connectivity index (χ3v) is 5.05. The molecule has 2 heterocycles. The van der Waals surface area contributed by atoms with E-state index in [1.165, 1.54) is 5.56 Å². The van der Waals surface area contributed by atoms with Crippen molar-refractivity contribution in [3.63, 3.8) is 0 Å². The highest BCUT2D eigenvalue weighted by Crippen LogP contribution is 2.12. The van der Waals surface area contributed by atoms with E-state index in [4.69, 9.17) is 16.3 Å². The van der Waals surface area contributed by atoms with Crippen LogP contribution in [0.25, 0.3) is 0 Å². The number of urea groups is 1. The van der Waals surface area contributed by atoms with E-state index >= 15 is 0 Å². The second-order valence-electron chi connectivity index (χ2n) is 6.54. The molecular weight excluding hydrogens is 326 g/mol. The van der Waals surface area contributed by atoms with Gasteiger partial charge in [-0.2, -0.15) is 0 Å². The van der Waals surface area contributed by atoms with E-state index in [9.17, 15) is 4.79 Å². The zero-order valence-electron chi connectivity index (χ0n) is 14.0. The molecule has 1 aromatic carbocycles. The standard InChI is InChI=1S/C18H26ClN3O2/c19-16-3-1-2-15(14-16)4-7-21-8-10-22(11-9-21)18(23)20-17-5-12-24-13-6-17/h1-3,14,17H,4-13H2,(H,20,23). The molecule has 1 aromatic rings. The zero-order chi connectivity index (χ0) is 16.8. The van der Waals surface area contributed by atoms with Crippen molar-refractivity contribution >= 4 is 17.6 Å². The normalized spacial score (nSPS) is 20.1. The average Bonchev–Trinajstić information content (AvgIpc) is 2.61. The van der Waals surface area contributed by atoms with Crippen LogP contribution in [0.1, 0.15) is 18.4 Å². The first-order chi connectivity index (χ1) is 11.7. The Bertz CT molecular complexity index is 541. The van der Waals surface area contributed by atoms with E-state index < -0.39 is 0 Å². The third-order valence-electron chi connectivity index (χ3n) is 4.81. The Balaban J connectivity index is 1.38. The molecular formula is C18H26ClN3O2. The Morgan fingerprint density at radius 1 is 1.21 bits per heavy atom. The zero-order valence-corrected chi connectivity index (χ0v) is 14.8. The molecule has 24 heavy (non-hydrogen) atoms. The van der Waals surface area contributed by atoms with E-state index in [1.807, 2.05) is 23.1 Å². The van der Waals surface area contributed by atoms with E-state index in [2.05, 4.69) is 16.3 Å². The highest BCUT2D eigenvalue weighted by Gasteiger charge is 2.23. The number of ether oxygens (including phenoxy) is 1. The molecule has 3 rings (SSSR count). The molecule has 0 aliphatic carbocycles. The average molecular weight is 352 g/mol. The number of piperazine rings is 1. The Labute approximate surface area is 148 Å². The van der Waals surface area contributed by atoms with Crippen LogP contribution in [0.4, 0.5) is 4.79 Å². The molecule has 0 radical (unpaired) electrons. The highest BCUT2D eigenvalue weighted by molar-refractivity contribution is 6.30. The van der Waals surface area contributed by atoms with E-state index in [0.29, 0.717) is 0 Å². The lowest BCUT2D eigenvalue weighted by Gasteiger charge is -2.36. The minimum Gasteiger partial charge on any atom is -0.381 e. The van der Waals surface area contributed by atoms with Gasteiger partial charge in [0.2, 0.25) is 0 Å². The van der Waals surface area contributed by atoms with Gasteiger partial charge in [-0.1, -0.05) is 23.7 Å². The molecule has 2 fully saturated rings. The lowest BCUT2D eigenvalue weighted by Crippen LogP contribution is -2.54. The summed E-state index contributed by atoms with van der Waals surface area (Å²) in [6.45, 7) is 5.97. The van der Waals surface area contributed by atoms with Crippen molar-refractivity contribution in [2.75, 3.05) is 45.9 Å². The molecule has 2 saturated heterocycles. The molecule has 0 aromatic heterocycles. The topological polar surface area (TPSA) is 44.8 Å². The number of rotatable bonds is 4. The van der Waals surface area contributed by atoms with Gasteiger partial charge in [-0.25, -0.2) is 4.79 Å². The predicted octanol–water partition coefficient (Wildman–Crippen LogP) is 2.39. The van der Waals surface area contributed by atoms with Crippen LogP contribution in [0.2, 0.25) is 5.02 Å². The van der Waals surface area contributed by atoms with E-state index in [0.717, 1.165) is 70.2 Å². The molecule has 0 spiro atoms. The van der Waals surface area contributed by atoms with Gasteiger partial charge in [0.05, 0.1) is 0 Å². The summed E-state index contributed by atoms with van der Waals surface area (Å²) in [4.78, 5) is 16.7. The maximum absolute atomic E-state index is 12.3. The number of nitrogens with one attached hydrogen (secondary N) is 1. The maximum Gasteiger partial charge on any atom is 0.317 e. The van der Waals surface area contributed by atoms with Crippen LogP contribution in [-0.4, -0.2) is 67.8 Å². The van der Waals surface area contributed by atoms with Crippen LogP contribution < -0.4 is 5.32 Å².